The van der Waals surface area contributed by atoms with E-state index in [1.807, 2.05) is 37.3 Å². The molecule has 2 aromatic carbocycles. The van der Waals surface area contributed by atoms with Gasteiger partial charge < -0.3 is 29.2 Å². The average molecular weight is 499 g/mol. The quantitative estimate of drug-likeness (QED) is 0.392. The van der Waals surface area contributed by atoms with E-state index in [4.69, 9.17) is 18.9 Å². The first-order chi connectivity index (χ1) is 17.4. The largest absolute Gasteiger partial charge is 0.491 e. The van der Waals surface area contributed by atoms with E-state index in [0.29, 0.717) is 43.9 Å². The van der Waals surface area contributed by atoms with E-state index in [-0.39, 0.29) is 31.3 Å². The van der Waals surface area contributed by atoms with E-state index in [1.165, 1.54) is 14.0 Å². The van der Waals surface area contributed by atoms with Crippen molar-refractivity contribution in [1.82, 2.24) is 10.2 Å². The molecule has 9 heteroatoms. The standard InChI is InChI=1S/C27H34N2O7/c1-4-34-22-12-14-29(27(32)36-18-20-8-6-5-7-9-20)24(17-22)23-11-10-21(26(31)33-3)16-25(23)35-15-13-28-19(2)30/h5-11,16,22,24H,4,12-15,17-18H2,1-3H3,(H,28,30)/t22-,24-/m0/s1. The fourth-order valence-electron chi connectivity index (χ4n) is 4.20. The number of methoxy groups -OCH3 is 1. The van der Waals surface area contributed by atoms with Crippen LogP contribution >= 0.6 is 0 Å². The molecule has 2 aromatic rings. The van der Waals surface area contributed by atoms with Gasteiger partial charge in [0.1, 0.15) is 19.0 Å². The predicted octanol–water partition coefficient (Wildman–Crippen LogP) is 3.87. The highest BCUT2D eigenvalue weighted by Gasteiger charge is 2.36. The maximum absolute atomic E-state index is 13.2. The van der Waals surface area contributed by atoms with E-state index < -0.39 is 12.1 Å². The molecule has 0 aliphatic carbocycles. The number of amides is 2. The third kappa shape index (κ3) is 7.45. The number of likely N-dealkylation sites (tertiary alicyclic amines) is 1. The van der Waals surface area contributed by atoms with Gasteiger partial charge in [-0.2, -0.15) is 0 Å². The number of hydrogen-bond donors (Lipinski definition) is 1. The molecule has 1 aliphatic heterocycles. The fourth-order valence-corrected chi connectivity index (χ4v) is 4.20. The molecule has 0 aromatic heterocycles. The van der Waals surface area contributed by atoms with Gasteiger partial charge in [0, 0.05) is 25.6 Å². The van der Waals surface area contributed by atoms with Crippen LogP contribution in [0.2, 0.25) is 0 Å². The van der Waals surface area contributed by atoms with Crippen molar-refractivity contribution < 1.29 is 33.3 Å². The highest BCUT2D eigenvalue weighted by atomic mass is 16.6. The summed E-state index contributed by atoms with van der Waals surface area (Å²) in [7, 11) is 1.31. The molecule has 3 rings (SSSR count). The van der Waals surface area contributed by atoms with E-state index in [1.54, 1.807) is 23.1 Å². The van der Waals surface area contributed by atoms with Crippen LogP contribution in [0.15, 0.2) is 48.5 Å². The number of piperidine rings is 1. The van der Waals surface area contributed by atoms with Gasteiger partial charge in [-0.05, 0) is 37.5 Å². The molecule has 0 saturated carbocycles. The third-order valence-electron chi connectivity index (χ3n) is 5.92. The number of nitrogens with one attached hydrogen (secondary N) is 1. The normalized spacial score (nSPS) is 17.2. The summed E-state index contributed by atoms with van der Waals surface area (Å²) in [6.45, 7) is 5.04. The lowest BCUT2D eigenvalue weighted by molar-refractivity contribution is -0.119. The fraction of sp³-hybridized carbons (Fsp3) is 0.444. The molecule has 9 nitrogen and oxygen atoms in total. The Labute approximate surface area is 211 Å². The Morgan fingerprint density at radius 1 is 1.11 bits per heavy atom. The van der Waals surface area contributed by atoms with Crippen molar-refractivity contribution in [1.29, 1.82) is 0 Å². The molecule has 1 aliphatic rings. The van der Waals surface area contributed by atoms with Crippen LogP contribution in [-0.2, 0) is 25.6 Å². The molecule has 0 spiro atoms. The topological polar surface area (TPSA) is 103 Å². The zero-order valence-corrected chi connectivity index (χ0v) is 21.0. The Morgan fingerprint density at radius 2 is 1.89 bits per heavy atom. The number of carbonyl (C=O) groups excluding carboxylic acids is 3. The van der Waals surface area contributed by atoms with Gasteiger partial charge in [-0.25, -0.2) is 9.59 Å². The van der Waals surface area contributed by atoms with Crippen LogP contribution in [0.4, 0.5) is 4.79 Å². The lowest BCUT2D eigenvalue weighted by Gasteiger charge is -2.39. The van der Waals surface area contributed by atoms with Crippen molar-refractivity contribution in [3.05, 3.63) is 65.2 Å². The molecular weight excluding hydrogens is 464 g/mol. The molecule has 0 unspecified atom stereocenters. The average Bonchev–Trinajstić information content (AvgIpc) is 2.89. The summed E-state index contributed by atoms with van der Waals surface area (Å²) in [4.78, 5) is 38.3. The first kappa shape index (κ1) is 27.0. The van der Waals surface area contributed by atoms with E-state index in [0.717, 1.165) is 11.1 Å². The number of carbonyl (C=O) groups is 3. The Morgan fingerprint density at radius 3 is 2.58 bits per heavy atom. The van der Waals surface area contributed by atoms with E-state index >= 15 is 0 Å². The van der Waals surface area contributed by atoms with Crippen molar-refractivity contribution in [2.75, 3.05) is 33.4 Å². The van der Waals surface area contributed by atoms with Gasteiger partial charge in [0.2, 0.25) is 5.91 Å². The Balaban J connectivity index is 1.87. The van der Waals surface area contributed by atoms with Gasteiger partial charge >= 0.3 is 12.1 Å². The summed E-state index contributed by atoms with van der Waals surface area (Å²) in [5.74, 6) is -0.226. The number of hydrogen-bond acceptors (Lipinski definition) is 7. The Hall–Kier alpha value is -3.59. The molecule has 194 valence electrons. The molecule has 0 radical (unpaired) electrons. The Kier molecular flexibility index (Phi) is 10.1. The smallest absolute Gasteiger partial charge is 0.410 e. The maximum atomic E-state index is 13.2. The van der Waals surface area contributed by atoms with Crippen LogP contribution in [0.1, 0.15) is 54.2 Å². The van der Waals surface area contributed by atoms with Gasteiger partial charge in [0.15, 0.2) is 0 Å². The highest BCUT2D eigenvalue weighted by Crippen LogP contribution is 2.38. The summed E-state index contributed by atoms with van der Waals surface area (Å²) < 4.78 is 22.4. The summed E-state index contributed by atoms with van der Waals surface area (Å²) in [5, 5.41) is 2.69. The second-order valence-electron chi connectivity index (χ2n) is 8.43. The monoisotopic (exact) mass is 498 g/mol. The Bertz CT molecular complexity index is 1030. The summed E-state index contributed by atoms with van der Waals surface area (Å²) in [6, 6.07) is 14.1. The van der Waals surface area contributed by atoms with Gasteiger partial charge in [-0.15, -0.1) is 0 Å². The second-order valence-corrected chi connectivity index (χ2v) is 8.43. The molecular formula is C27H34N2O7. The van der Waals surface area contributed by atoms with Gasteiger partial charge in [-0.3, -0.25) is 4.79 Å². The minimum absolute atomic E-state index is 0.0364. The molecule has 2 atom stereocenters. The third-order valence-corrected chi connectivity index (χ3v) is 5.92. The molecule has 1 N–H and O–H groups in total. The zero-order valence-electron chi connectivity index (χ0n) is 21.0. The molecule has 1 saturated heterocycles. The molecule has 1 fully saturated rings. The van der Waals surface area contributed by atoms with Gasteiger partial charge in [0.05, 0.1) is 31.4 Å². The SMILES string of the molecule is CCO[C@H]1CCN(C(=O)OCc2ccccc2)[C@H](c2ccc(C(=O)OC)cc2OCCNC(C)=O)C1. The van der Waals surface area contributed by atoms with Crippen LogP contribution in [0.5, 0.6) is 5.75 Å². The van der Waals surface area contributed by atoms with Crippen LogP contribution in [0.3, 0.4) is 0 Å². The van der Waals surface area contributed by atoms with Gasteiger partial charge in [0.25, 0.3) is 0 Å². The zero-order chi connectivity index (χ0) is 25.9. The van der Waals surface area contributed by atoms with Crippen molar-refractivity contribution in [3.63, 3.8) is 0 Å². The van der Waals surface area contributed by atoms with Crippen molar-refractivity contribution in [3.8, 4) is 5.75 Å². The van der Waals surface area contributed by atoms with Gasteiger partial charge in [-0.1, -0.05) is 36.4 Å². The van der Waals surface area contributed by atoms with Crippen molar-refractivity contribution >= 4 is 18.0 Å². The number of nitrogens with zero attached hydrogens (tertiary/aromatic N) is 1. The summed E-state index contributed by atoms with van der Waals surface area (Å²) in [6.07, 6.45) is 0.767. The second kappa shape index (κ2) is 13.5. The van der Waals surface area contributed by atoms with Crippen LogP contribution in [0.25, 0.3) is 0 Å². The summed E-state index contributed by atoms with van der Waals surface area (Å²) in [5.41, 5.74) is 1.95. The minimum Gasteiger partial charge on any atom is -0.491 e. The van der Waals surface area contributed by atoms with Crippen molar-refractivity contribution in [2.24, 2.45) is 0 Å². The van der Waals surface area contributed by atoms with Crippen molar-refractivity contribution in [2.45, 2.75) is 45.4 Å². The van der Waals surface area contributed by atoms with E-state index in [9.17, 15) is 14.4 Å². The lowest BCUT2D eigenvalue weighted by atomic mass is 9.92. The lowest BCUT2D eigenvalue weighted by Crippen LogP contribution is -2.43. The number of esters is 1. The predicted molar refractivity (Wildman–Crippen MR) is 133 cm³/mol. The minimum atomic E-state index is -0.497. The molecule has 1 heterocycles. The van der Waals surface area contributed by atoms with Crippen LogP contribution in [-0.4, -0.2) is 62.4 Å². The van der Waals surface area contributed by atoms with E-state index in [2.05, 4.69) is 5.32 Å². The maximum Gasteiger partial charge on any atom is 0.410 e. The number of ether oxygens (including phenoxy) is 4. The first-order valence-corrected chi connectivity index (χ1v) is 12.1. The number of benzene rings is 2. The van der Waals surface area contributed by atoms with Crippen LogP contribution in [0, 0.1) is 0 Å². The first-order valence-electron chi connectivity index (χ1n) is 12.1. The molecule has 36 heavy (non-hydrogen) atoms. The molecule has 2 amide bonds. The number of rotatable bonds is 10. The highest BCUT2D eigenvalue weighted by molar-refractivity contribution is 5.90. The molecule has 0 bridgehead atoms. The van der Waals surface area contributed by atoms with Crippen LogP contribution < -0.4 is 10.1 Å². The summed E-state index contributed by atoms with van der Waals surface area (Å²) >= 11 is 0.